The van der Waals surface area contributed by atoms with Gasteiger partial charge in [-0.15, -0.1) is 0 Å². The molecule has 2 heteroatoms. The van der Waals surface area contributed by atoms with E-state index in [-0.39, 0.29) is 9.76 Å². The second-order valence-electron chi connectivity index (χ2n) is 4.71. The van der Waals surface area contributed by atoms with Gasteiger partial charge in [0.2, 0.25) is 0 Å². The molecule has 0 saturated heterocycles. The van der Waals surface area contributed by atoms with Crippen molar-refractivity contribution >= 4 is 9.76 Å². The van der Waals surface area contributed by atoms with Gasteiger partial charge in [-0.1, -0.05) is 60.7 Å². The van der Waals surface area contributed by atoms with Crippen LogP contribution in [-0.2, 0) is 4.43 Å². The molecular formula is C17H22OSi. The predicted molar refractivity (Wildman–Crippen MR) is 84.3 cm³/mol. The molecule has 0 aliphatic carbocycles. The van der Waals surface area contributed by atoms with Gasteiger partial charge in [0, 0.05) is 12.5 Å². The Kier molecular flexibility index (Phi) is 5.85. The van der Waals surface area contributed by atoms with Gasteiger partial charge < -0.3 is 4.43 Å². The van der Waals surface area contributed by atoms with Gasteiger partial charge in [0.05, 0.1) is 0 Å². The van der Waals surface area contributed by atoms with E-state index in [9.17, 15) is 0 Å². The highest BCUT2D eigenvalue weighted by molar-refractivity contribution is 6.27. The van der Waals surface area contributed by atoms with Crippen molar-refractivity contribution in [2.45, 2.75) is 25.3 Å². The summed E-state index contributed by atoms with van der Waals surface area (Å²) in [6, 6.07) is 22.9. The zero-order chi connectivity index (χ0) is 13.3. The lowest BCUT2D eigenvalue weighted by molar-refractivity contribution is 0.358. The van der Waals surface area contributed by atoms with Crippen molar-refractivity contribution in [3.05, 3.63) is 71.8 Å². The van der Waals surface area contributed by atoms with E-state index in [0.717, 1.165) is 6.61 Å². The molecule has 0 unspecified atom stereocenters. The summed E-state index contributed by atoms with van der Waals surface area (Å²) in [5.41, 5.74) is 2.83. The van der Waals surface area contributed by atoms with Gasteiger partial charge in [-0.05, 0) is 30.5 Å². The SMILES string of the molecule is CCO[SiH2]CCC(c1ccccc1)c1ccccc1. The Hall–Kier alpha value is -1.38. The molecular weight excluding hydrogens is 248 g/mol. The Morgan fingerprint density at radius 2 is 1.42 bits per heavy atom. The van der Waals surface area contributed by atoms with Crippen LogP contribution in [-0.4, -0.2) is 16.4 Å². The van der Waals surface area contributed by atoms with E-state index in [2.05, 4.69) is 67.6 Å². The quantitative estimate of drug-likeness (QED) is 0.550. The van der Waals surface area contributed by atoms with E-state index in [1.165, 1.54) is 23.6 Å². The molecule has 0 atom stereocenters. The lowest BCUT2D eigenvalue weighted by Crippen LogP contribution is -2.05. The van der Waals surface area contributed by atoms with Crippen molar-refractivity contribution in [1.82, 2.24) is 0 Å². The molecule has 0 bridgehead atoms. The molecule has 19 heavy (non-hydrogen) atoms. The molecule has 0 spiro atoms. The van der Waals surface area contributed by atoms with Crippen LogP contribution in [0.25, 0.3) is 0 Å². The van der Waals surface area contributed by atoms with Gasteiger partial charge in [0.25, 0.3) is 0 Å². The summed E-state index contributed by atoms with van der Waals surface area (Å²) < 4.78 is 5.59. The first-order valence-electron chi connectivity index (χ1n) is 7.09. The van der Waals surface area contributed by atoms with Crippen LogP contribution in [0.5, 0.6) is 0 Å². The number of rotatable bonds is 7. The molecule has 1 nitrogen and oxygen atoms in total. The highest BCUT2D eigenvalue weighted by atomic mass is 28.2. The fraction of sp³-hybridized carbons (Fsp3) is 0.294. The highest BCUT2D eigenvalue weighted by Crippen LogP contribution is 2.28. The molecule has 2 aromatic rings. The summed E-state index contributed by atoms with van der Waals surface area (Å²) in [5.74, 6) is 0.510. The summed E-state index contributed by atoms with van der Waals surface area (Å²) in [7, 11) is -0.341. The minimum Gasteiger partial charge on any atom is -0.424 e. The average molecular weight is 270 g/mol. The summed E-state index contributed by atoms with van der Waals surface area (Å²) in [6.07, 6.45) is 1.19. The standard InChI is InChI=1S/C17H22OSi/c1-2-18-19-14-13-17(15-9-5-3-6-10-15)16-11-7-4-8-12-16/h3-12,17H,2,13-14,19H2,1H3. The smallest absolute Gasteiger partial charge is 0.161 e. The molecule has 0 aliphatic rings. The maximum absolute atomic E-state index is 5.59. The molecule has 0 saturated carbocycles. The Morgan fingerprint density at radius 3 is 1.89 bits per heavy atom. The summed E-state index contributed by atoms with van der Waals surface area (Å²) in [4.78, 5) is 0. The Balaban J connectivity index is 2.10. The highest BCUT2D eigenvalue weighted by Gasteiger charge is 2.13. The van der Waals surface area contributed by atoms with Crippen LogP contribution in [0.3, 0.4) is 0 Å². The summed E-state index contributed by atoms with van der Waals surface area (Å²) in [5, 5.41) is 0. The second-order valence-corrected chi connectivity index (χ2v) is 6.24. The van der Waals surface area contributed by atoms with Gasteiger partial charge in [0.1, 0.15) is 0 Å². The molecule has 2 rings (SSSR count). The number of hydrogen-bond acceptors (Lipinski definition) is 1. The molecule has 0 N–H and O–H groups in total. The lowest BCUT2D eigenvalue weighted by atomic mass is 9.89. The van der Waals surface area contributed by atoms with Crippen molar-refractivity contribution in [1.29, 1.82) is 0 Å². The third kappa shape index (κ3) is 4.34. The summed E-state index contributed by atoms with van der Waals surface area (Å²) in [6.45, 7) is 2.95. The van der Waals surface area contributed by atoms with Gasteiger partial charge >= 0.3 is 0 Å². The van der Waals surface area contributed by atoms with E-state index < -0.39 is 0 Å². The van der Waals surface area contributed by atoms with Crippen molar-refractivity contribution in [3.8, 4) is 0 Å². The second kappa shape index (κ2) is 7.92. The zero-order valence-electron chi connectivity index (χ0n) is 11.6. The van der Waals surface area contributed by atoms with Crippen LogP contribution >= 0.6 is 0 Å². The summed E-state index contributed by atoms with van der Waals surface area (Å²) >= 11 is 0. The van der Waals surface area contributed by atoms with Gasteiger partial charge in [-0.3, -0.25) is 0 Å². The number of hydrogen-bond donors (Lipinski definition) is 0. The van der Waals surface area contributed by atoms with Crippen LogP contribution in [0.15, 0.2) is 60.7 Å². The van der Waals surface area contributed by atoms with E-state index in [1.807, 2.05) is 0 Å². The maximum Gasteiger partial charge on any atom is 0.161 e. The molecule has 100 valence electrons. The minimum absolute atomic E-state index is 0.341. The molecule has 0 radical (unpaired) electrons. The van der Waals surface area contributed by atoms with Gasteiger partial charge in [-0.25, -0.2) is 0 Å². The third-order valence-electron chi connectivity index (χ3n) is 3.39. The van der Waals surface area contributed by atoms with Crippen LogP contribution in [0.1, 0.15) is 30.4 Å². The molecule has 0 fully saturated rings. The predicted octanol–water partition coefficient (Wildman–Crippen LogP) is 3.75. The normalized spacial score (nSPS) is 11.5. The zero-order valence-corrected chi connectivity index (χ0v) is 13.0. The van der Waals surface area contributed by atoms with Crippen LogP contribution < -0.4 is 0 Å². The minimum atomic E-state index is -0.341. The van der Waals surface area contributed by atoms with Crippen molar-refractivity contribution < 1.29 is 4.43 Å². The Bertz CT molecular complexity index is 416. The molecule has 0 amide bonds. The molecule has 2 aromatic carbocycles. The lowest BCUT2D eigenvalue weighted by Gasteiger charge is -2.18. The first-order valence-corrected chi connectivity index (χ1v) is 8.67. The maximum atomic E-state index is 5.59. The fourth-order valence-electron chi connectivity index (χ4n) is 2.43. The van der Waals surface area contributed by atoms with E-state index in [1.54, 1.807) is 0 Å². The average Bonchev–Trinajstić information content (AvgIpc) is 2.49. The largest absolute Gasteiger partial charge is 0.424 e. The van der Waals surface area contributed by atoms with Crippen molar-refractivity contribution in [2.75, 3.05) is 6.61 Å². The molecule has 0 aliphatic heterocycles. The van der Waals surface area contributed by atoms with E-state index >= 15 is 0 Å². The number of benzene rings is 2. The van der Waals surface area contributed by atoms with Crippen LogP contribution in [0.2, 0.25) is 6.04 Å². The topological polar surface area (TPSA) is 9.23 Å². The third-order valence-corrected chi connectivity index (χ3v) is 4.78. The van der Waals surface area contributed by atoms with Crippen molar-refractivity contribution in [2.24, 2.45) is 0 Å². The van der Waals surface area contributed by atoms with Gasteiger partial charge in [-0.2, -0.15) is 0 Å². The fourth-order valence-corrected chi connectivity index (χ4v) is 3.50. The van der Waals surface area contributed by atoms with E-state index in [4.69, 9.17) is 4.43 Å². The van der Waals surface area contributed by atoms with Crippen molar-refractivity contribution in [3.63, 3.8) is 0 Å². The first kappa shape index (κ1) is 14.0. The van der Waals surface area contributed by atoms with Crippen LogP contribution in [0, 0.1) is 0 Å². The molecule has 0 aromatic heterocycles. The molecule has 0 heterocycles. The Labute approximate surface area is 118 Å². The van der Waals surface area contributed by atoms with Gasteiger partial charge in [0.15, 0.2) is 9.76 Å². The first-order chi connectivity index (χ1) is 9.42. The Morgan fingerprint density at radius 1 is 0.895 bits per heavy atom. The van der Waals surface area contributed by atoms with Crippen LogP contribution in [0.4, 0.5) is 0 Å². The monoisotopic (exact) mass is 270 g/mol. The van der Waals surface area contributed by atoms with E-state index in [0.29, 0.717) is 5.92 Å².